The Morgan fingerprint density at radius 3 is 2.50 bits per heavy atom. The third-order valence-electron chi connectivity index (χ3n) is 3.53. The number of rotatable bonds is 3. The number of aryl methyl sites for hydroxylation is 2. The molecule has 1 aromatic heterocycles. The standard InChI is InChI=1S/C13H18N4O3/c1-6-11(12(19)16-8(3)14-6)7(2)15-9-5-10(18)17(4)13(9)20/h7,9,15H,5H2,1-4H3,(H,14,16,19). The molecule has 0 saturated carbocycles. The SMILES string of the molecule is Cc1nc(C)c(C(C)NC2CC(=O)N(C)C2=O)c(=O)[nH]1. The fraction of sp³-hybridized carbons (Fsp3) is 0.538. The molecule has 2 N–H and O–H groups in total. The van der Waals surface area contributed by atoms with Gasteiger partial charge in [-0.05, 0) is 20.8 Å². The summed E-state index contributed by atoms with van der Waals surface area (Å²) in [7, 11) is 1.46. The van der Waals surface area contributed by atoms with Crippen LogP contribution in [0, 0.1) is 13.8 Å². The van der Waals surface area contributed by atoms with E-state index < -0.39 is 6.04 Å². The van der Waals surface area contributed by atoms with Crippen LogP contribution in [-0.4, -0.2) is 39.8 Å². The Kier molecular flexibility index (Phi) is 3.71. The number of likely N-dealkylation sites (tertiary alicyclic amines) is 1. The first-order chi connectivity index (χ1) is 9.31. The molecule has 20 heavy (non-hydrogen) atoms. The van der Waals surface area contributed by atoms with E-state index in [9.17, 15) is 14.4 Å². The largest absolute Gasteiger partial charge is 0.310 e. The Labute approximate surface area is 116 Å². The Balaban J connectivity index is 2.22. The van der Waals surface area contributed by atoms with Crippen LogP contribution >= 0.6 is 0 Å². The van der Waals surface area contributed by atoms with E-state index in [1.165, 1.54) is 7.05 Å². The lowest BCUT2D eigenvalue weighted by atomic mass is 10.1. The highest BCUT2D eigenvalue weighted by atomic mass is 16.2. The number of carbonyl (C=O) groups excluding carboxylic acids is 2. The number of nitrogens with one attached hydrogen (secondary N) is 2. The van der Waals surface area contributed by atoms with E-state index in [4.69, 9.17) is 0 Å². The normalized spacial score (nSPS) is 20.6. The van der Waals surface area contributed by atoms with E-state index in [1.807, 2.05) is 0 Å². The van der Waals surface area contributed by atoms with Gasteiger partial charge in [0.15, 0.2) is 0 Å². The van der Waals surface area contributed by atoms with E-state index >= 15 is 0 Å². The molecule has 1 saturated heterocycles. The van der Waals surface area contributed by atoms with Gasteiger partial charge in [0.25, 0.3) is 5.56 Å². The minimum atomic E-state index is -0.581. The molecule has 1 aliphatic heterocycles. The monoisotopic (exact) mass is 278 g/mol. The lowest BCUT2D eigenvalue weighted by Crippen LogP contribution is -2.40. The quantitative estimate of drug-likeness (QED) is 0.746. The van der Waals surface area contributed by atoms with Crippen molar-refractivity contribution in [1.82, 2.24) is 20.2 Å². The second-order valence-electron chi connectivity index (χ2n) is 5.09. The molecule has 0 bridgehead atoms. The van der Waals surface area contributed by atoms with Gasteiger partial charge in [-0.1, -0.05) is 0 Å². The molecule has 108 valence electrons. The summed E-state index contributed by atoms with van der Waals surface area (Å²) in [6, 6.07) is -0.942. The number of imide groups is 1. The molecule has 1 aliphatic rings. The summed E-state index contributed by atoms with van der Waals surface area (Å²) < 4.78 is 0. The van der Waals surface area contributed by atoms with Gasteiger partial charge in [-0.3, -0.25) is 24.6 Å². The molecule has 2 heterocycles. The van der Waals surface area contributed by atoms with Crippen LogP contribution < -0.4 is 10.9 Å². The van der Waals surface area contributed by atoms with Crippen LogP contribution in [0.2, 0.25) is 0 Å². The van der Waals surface area contributed by atoms with Crippen LogP contribution in [-0.2, 0) is 9.59 Å². The molecule has 2 rings (SSSR count). The van der Waals surface area contributed by atoms with Gasteiger partial charge < -0.3 is 4.98 Å². The van der Waals surface area contributed by atoms with Gasteiger partial charge in [0.05, 0.1) is 18.0 Å². The summed E-state index contributed by atoms with van der Waals surface area (Å²) in [4.78, 5) is 43.3. The third kappa shape index (κ3) is 2.49. The predicted octanol–water partition coefficient (Wildman–Crippen LogP) is -0.205. The summed E-state index contributed by atoms with van der Waals surface area (Å²) in [6.07, 6.45) is 0.121. The third-order valence-corrected chi connectivity index (χ3v) is 3.53. The fourth-order valence-corrected chi connectivity index (χ4v) is 2.52. The molecule has 1 aromatic rings. The van der Waals surface area contributed by atoms with Crippen molar-refractivity contribution in [3.63, 3.8) is 0 Å². The van der Waals surface area contributed by atoms with Gasteiger partial charge in [0, 0.05) is 18.8 Å². The molecule has 2 amide bonds. The van der Waals surface area contributed by atoms with Crippen molar-refractivity contribution in [3.05, 3.63) is 27.4 Å². The topological polar surface area (TPSA) is 95.2 Å². The maximum Gasteiger partial charge on any atom is 0.255 e. The summed E-state index contributed by atoms with van der Waals surface area (Å²) in [5.74, 6) is 0.0682. The number of likely N-dealkylation sites (N-methyl/N-ethyl adjacent to an activating group) is 1. The van der Waals surface area contributed by atoms with Gasteiger partial charge >= 0.3 is 0 Å². The minimum Gasteiger partial charge on any atom is -0.310 e. The summed E-state index contributed by atoms with van der Waals surface area (Å²) in [5.41, 5.74) is 0.891. The van der Waals surface area contributed by atoms with E-state index in [-0.39, 0.29) is 29.8 Å². The first-order valence-electron chi connectivity index (χ1n) is 6.45. The van der Waals surface area contributed by atoms with E-state index in [2.05, 4.69) is 15.3 Å². The van der Waals surface area contributed by atoms with Crippen LogP contribution in [0.1, 0.15) is 36.5 Å². The van der Waals surface area contributed by atoms with Crippen molar-refractivity contribution in [2.45, 2.75) is 39.3 Å². The smallest absolute Gasteiger partial charge is 0.255 e. The van der Waals surface area contributed by atoms with Crippen molar-refractivity contribution < 1.29 is 9.59 Å². The van der Waals surface area contributed by atoms with E-state index in [0.29, 0.717) is 17.1 Å². The van der Waals surface area contributed by atoms with Crippen LogP contribution in [0.4, 0.5) is 0 Å². The van der Waals surface area contributed by atoms with Crippen LogP contribution in [0.5, 0.6) is 0 Å². The highest BCUT2D eigenvalue weighted by Gasteiger charge is 2.37. The number of aromatic nitrogens is 2. The second kappa shape index (κ2) is 5.16. The zero-order valence-corrected chi connectivity index (χ0v) is 12.0. The first kappa shape index (κ1) is 14.4. The van der Waals surface area contributed by atoms with Gasteiger partial charge in [-0.15, -0.1) is 0 Å². The molecule has 2 atom stereocenters. The van der Waals surface area contributed by atoms with Gasteiger partial charge in [-0.25, -0.2) is 4.98 Å². The number of hydrogen-bond acceptors (Lipinski definition) is 5. The molecule has 0 spiro atoms. The van der Waals surface area contributed by atoms with Crippen molar-refractivity contribution >= 4 is 11.8 Å². The summed E-state index contributed by atoms with van der Waals surface area (Å²) in [6.45, 7) is 5.25. The number of H-pyrrole nitrogens is 1. The number of nitrogens with zero attached hydrogens (tertiary/aromatic N) is 2. The van der Waals surface area contributed by atoms with E-state index in [1.54, 1.807) is 20.8 Å². The van der Waals surface area contributed by atoms with Crippen molar-refractivity contribution in [2.24, 2.45) is 0 Å². The lowest BCUT2D eigenvalue weighted by molar-refractivity contribution is -0.137. The highest BCUT2D eigenvalue weighted by Crippen LogP contribution is 2.17. The summed E-state index contributed by atoms with van der Waals surface area (Å²) in [5, 5.41) is 3.03. The van der Waals surface area contributed by atoms with Crippen molar-refractivity contribution in [2.75, 3.05) is 7.05 Å². The predicted molar refractivity (Wildman–Crippen MR) is 72.1 cm³/mol. The average molecular weight is 278 g/mol. The molecule has 0 aromatic carbocycles. The maximum absolute atomic E-state index is 12.0. The molecule has 2 unspecified atom stereocenters. The van der Waals surface area contributed by atoms with Crippen LogP contribution in [0.3, 0.4) is 0 Å². The van der Waals surface area contributed by atoms with Gasteiger partial charge in [0.2, 0.25) is 11.8 Å². The molecule has 1 fully saturated rings. The molecule has 0 radical (unpaired) electrons. The lowest BCUT2D eigenvalue weighted by Gasteiger charge is -2.18. The fourth-order valence-electron chi connectivity index (χ4n) is 2.52. The van der Waals surface area contributed by atoms with Crippen molar-refractivity contribution in [1.29, 1.82) is 0 Å². The average Bonchev–Trinajstić information content (AvgIpc) is 2.55. The second-order valence-corrected chi connectivity index (χ2v) is 5.09. The Morgan fingerprint density at radius 2 is 2.00 bits per heavy atom. The zero-order valence-electron chi connectivity index (χ0n) is 12.0. The van der Waals surface area contributed by atoms with Crippen LogP contribution in [0.25, 0.3) is 0 Å². The van der Waals surface area contributed by atoms with Crippen molar-refractivity contribution in [3.8, 4) is 0 Å². The zero-order chi connectivity index (χ0) is 15.0. The van der Waals surface area contributed by atoms with Gasteiger partial charge in [-0.2, -0.15) is 0 Å². The van der Waals surface area contributed by atoms with Crippen LogP contribution in [0.15, 0.2) is 4.79 Å². The summed E-state index contributed by atoms with van der Waals surface area (Å²) >= 11 is 0. The molecule has 7 nitrogen and oxygen atoms in total. The number of carbonyl (C=O) groups is 2. The molecular weight excluding hydrogens is 260 g/mol. The highest BCUT2D eigenvalue weighted by molar-refractivity contribution is 6.05. The minimum absolute atomic E-state index is 0.121. The molecule has 7 heteroatoms. The number of hydrogen-bond donors (Lipinski definition) is 2. The first-order valence-corrected chi connectivity index (χ1v) is 6.45. The Bertz CT molecular complexity index is 623. The Hall–Kier alpha value is -2.02. The molecular formula is C13H18N4O3. The maximum atomic E-state index is 12.0. The Morgan fingerprint density at radius 1 is 1.35 bits per heavy atom. The molecule has 0 aliphatic carbocycles. The van der Waals surface area contributed by atoms with E-state index in [0.717, 1.165) is 4.90 Å². The number of aromatic amines is 1. The van der Waals surface area contributed by atoms with Gasteiger partial charge in [0.1, 0.15) is 5.82 Å². The number of amides is 2.